The molecule has 160 valence electrons. The zero-order chi connectivity index (χ0) is 22.2. The Labute approximate surface area is 194 Å². The van der Waals surface area contributed by atoms with Gasteiger partial charge in [-0.25, -0.2) is 5.01 Å². The molecule has 2 heterocycles. The summed E-state index contributed by atoms with van der Waals surface area (Å²) in [6.45, 7) is 7.03. The van der Waals surface area contributed by atoms with E-state index >= 15 is 0 Å². The highest BCUT2D eigenvalue weighted by atomic mass is 35.5. The summed E-state index contributed by atoms with van der Waals surface area (Å²) in [6, 6.07) is 12.5. The van der Waals surface area contributed by atoms with Gasteiger partial charge in [0.2, 0.25) is 0 Å². The van der Waals surface area contributed by atoms with E-state index in [0.29, 0.717) is 0 Å². The van der Waals surface area contributed by atoms with Crippen molar-refractivity contribution in [3.63, 3.8) is 0 Å². The van der Waals surface area contributed by atoms with Crippen molar-refractivity contribution in [3.05, 3.63) is 101 Å². The molecule has 0 spiro atoms. The second-order valence-electron chi connectivity index (χ2n) is 8.06. The van der Waals surface area contributed by atoms with Crippen LogP contribution in [0.2, 0.25) is 5.02 Å². The van der Waals surface area contributed by atoms with Crippen molar-refractivity contribution < 1.29 is 0 Å². The maximum atomic E-state index is 6.15. The summed E-state index contributed by atoms with van der Waals surface area (Å²) in [5.74, 6) is 0. The summed E-state index contributed by atoms with van der Waals surface area (Å²) in [4.78, 5) is 0. The van der Waals surface area contributed by atoms with Crippen molar-refractivity contribution in [1.82, 2.24) is 9.58 Å². The van der Waals surface area contributed by atoms with Crippen LogP contribution in [0.4, 0.5) is 11.4 Å². The first-order valence-corrected chi connectivity index (χ1v) is 11.3. The fraction of sp³-hybridized carbons (Fsp3) is 0.143. The zero-order valence-corrected chi connectivity index (χ0v) is 19.2. The third kappa shape index (κ3) is 3.26. The van der Waals surface area contributed by atoms with E-state index in [-0.39, 0.29) is 0 Å². The highest BCUT2D eigenvalue weighted by molar-refractivity contribution is 6.30. The number of nitrogens with zero attached hydrogens (tertiary/aromatic N) is 3. The van der Waals surface area contributed by atoms with Gasteiger partial charge >= 0.3 is 0 Å². The number of allylic oxidation sites excluding steroid dienone is 7. The van der Waals surface area contributed by atoms with Crippen LogP contribution in [0.5, 0.6) is 0 Å². The van der Waals surface area contributed by atoms with Crippen LogP contribution in [0.25, 0.3) is 28.8 Å². The predicted octanol–water partition coefficient (Wildman–Crippen LogP) is 7.83. The van der Waals surface area contributed by atoms with Crippen LogP contribution in [0.1, 0.15) is 30.2 Å². The lowest BCUT2D eigenvalue weighted by molar-refractivity contribution is 0.362. The topological polar surface area (TPSA) is 11.4 Å². The van der Waals surface area contributed by atoms with Crippen LogP contribution in [-0.4, -0.2) is 16.6 Å². The molecule has 0 radical (unpaired) electrons. The van der Waals surface area contributed by atoms with Crippen LogP contribution < -0.4 is 5.01 Å². The number of hydrogen-bond acceptors (Lipinski definition) is 2. The van der Waals surface area contributed by atoms with Crippen LogP contribution in [-0.2, 0) is 6.54 Å². The van der Waals surface area contributed by atoms with Crippen LogP contribution in [0, 0.1) is 0 Å². The highest BCUT2D eigenvalue weighted by Gasteiger charge is 2.30. The Bertz CT molecular complexity index is 1320. The number of benzene rings is 2. The molecule has 3 nitrogen and oxygen atoms in total. The summed E-state index contributed by atoms with van der Waals surface area (Å²) in [5.41, 5.74) is 8.31. The van der Waals surface area contributed by atoms with Gasteiger partial charge in [-0.1, -0.05) is 54.6 Å². The summed E-state index contributed by atoms with van der Waals surface area (Å²) in [5, 5.41) is 6.49. The van der Waals surface area contributed by atoms with E-state index in [0.717, 1.165) is 40.6 Å². The molecule has 0 unspecified atom stereocenters. The molecule has 2 aliphatic rings. The molecule has 0 saturated heterocycles. The van der Waals surface area contributed by atoms with E-state index in [1.54, 1.807) is 0 Å². The average molecular weight is 440 g/mol. The molecule has 0 atom stereocenters. The van der Waals surface area contributed by atoms with Gasteiger partial charge in [0, 0.05) is 40.8 Å². The number of anilines is 2. The minimum atomic E-state index is 0.743. The van der Waals surface area contributed by atoms with Crippen LogP contribution >= 0.6 is 11.6 Å². The average Bonchev–Trinajstić information content (AvgIpc) is 3.14. The number of hydrazine groups is 1. The van der Waals surface area contributed by atoms with Gasteiger partial charge < -0.3 is 4.57 Å². The monoisotopic (exact) mass is 439 g/mol. The molecule has 32 heavy (non-hydrogen) atoms. The van der Waals surface area contributed by atoms with Gasteiger partial charge in [-0.15, -0.1) is 0 Å². The normalized spacial score (nSPS) is 16.1. The summed E-state index contributed by atoms with van der Waals surface area (Å²) in [7, 11) is 2.13. The molecule has 5 rings (SSSR count). The third-order valence-electron chi connectivity index (χ3n) is 6.07. The molecule has 0 N–H and O–H groups in total. The lowest BCUT2D eigenvalue weighted by Gasteiger charge is -2.27. The fourth-order valence-electron chi connectivity index (χ4n) is 4.76. The third-order valence-corrected chi connectivity index (χ3v) is 6.32. The van der Waals surface area contributed by atoms with E-state index in [1.807, 2.05) is 18.2 Å². The molecule has 1 aliphatic carbocycles. The second-order valence-corrected chi connectivity index (χ2v) is 8.50. The van der Waals surface area contributed by atoms with Crippen LogP contribution in [0.15, 0.2) is 79.4 Å². The number of rotatable bonds is 4. The number of fused-ring (bicyclic) bond motifs is 3. The first-order chi connectivity index (χ1) is 15.6. The summed E-state index contributed by atoms with van der Waals surface area (Å²) < 4.78 is 2.39. The number of halogens is 1. The van der Waals surface area contributed by atoms with Crippen molar-refractivity contribution in [2.24, 2.45) is 0 Å². The first-order valence-electron chi connectivity index (χ1n) is 10.9. The molecule has 1 aliphatic heterocycles. The van der Waals surface area contributed by atoms with Crippen molar-refractivity contribution >= 4 is 51.7 Å². The molecule has 1 aromatic heterocycles. The van der Waals surface area contributed by atoms with Crippen LogP contribution in [0.3, 0.4) is 0 Å². The van der Waals surface area contributed by atoms with Crippen molar-refractivity contribution in [1.29, 1.82) is 0 Å². The Morgan fingerprint density at radius 3 is 2.62 bits per heavy atom. The second kappa shape index (κ2) is 8.34. The highest BCUT2D eigenvalue weighted by Crippen LogP contribution is 2.44. The molecule has 2 aromatic carbocycles. The van der Waals surface area contributed by atoms with E-state index < -0.39 is 0 Å². The molecule has 0 fully saturated rings. The van der Waals surface area contributed by atoms with E-state index in [4.69, 9.17) is 11.6 Å². The first kappa shape index (κ1) is 20.6. The molecule has 0 amide bonds. The number of aromatic nitrogens is 1. The SMILES string of the molecule is C=Cc1c(/C=C\C)n(C2=CC=CCC=C2)c2c3c(ccc12)N(c1ccc(Cl)cc1)N(C)C3. The van der Waals surface area contributed by atoms with Crippen molar-refractivity contribution in [3.8, 4) is 0 Å². The lowest BCUT2D eigenvalue weighted by atomic mass is 10.1. The minimum Gasteiger partial charge on any atom is -0.309 e. The van der Waals surface area contributed by atoms with Crippen molar-refractivity contribution in [2.75, 3.05) is 12.1 Å². The largest absolute Gasteiger partial charge is 0.309 e. The van der Waals surface area contributed by atoms with Gasteiger partial charge in [0.15, 0.2) is 0 Å². The molecular weight excluding hydrogens is 414 g/mol. The van der Waals surface area contributed by atoms with E-state index in [1.165, 1.54) is 22.2 Å². The van der Waals surface area contributed by atoms with Gasteiger partial charge in [0.05, 0.1) is 22.6 Å². The fourth-order valence-corrected chi connectivity index (χ4v) is 4.88. The van der Waals surface area contributed by atoms with Gasteiger partial charge in [0.25, 0.3) is 0 Å². The molecule has 0 saturated carbocycles. The maximum absolute atomic E-state index is 6.15. The van der Waals surface area contributed by atoms with E-state index in [2.05, 4.69) is 102 Å². The Morgan fingerprint density at radius 2 is 1.88 bits per heavy atom. The Morgan fingerprint density at radius 1 is 1.06 bits per heavy atom. The lowest BCUT2D eigenvalue weighted by Crippen LogP contribution is -2.29. The standard InChI is InChI=1S/C28H26ClN3/c1-4-10-26-23(5-2)24-17-18-27-25(28(24)31(26)21-11-8-6-7-9-12-21)19-30(3)32(27)22-15-13-20(29)14-16-22/h4-6,8-18H,2,7,19H2,1,3H3/b10-4-. The van der Waals surface area contributed by atoms with Gasteiger partial charge in [0.1, 0.15) is 0 Å². The maximum Gasteiger partial charge on any atom is 0.0647 e. The molecule has 0 bridgehead atoms. The smallest absolute Gasteiger partial charge is 0.0647 e. The quantitative estimate of drug-likeness (QED) is 0.410. The molecular formula is C28H26ClN3. The Hall–Kier alpha value is -3.27. The Balaban J connectivity index is 1.82. The van der Waals surface area contributed by atoms with E-state index in [9.17, 15) is 0 Å². The zero-order valence-electron chi connectivity index (χ0n) is 18.4. The predicted molar refractivity (Wildman–Crippen MR) is 139 cm³/mol. The summed E-state index contributed by atoms with van der Waals surface area (Å²) in [6.07, 6.45) is 18.1. The minimum absolute atomic E-state index is 0.743. The Kier molecular flexibility index (Phi) is 5.38. The van der Waals surface area contributed by atoms with Gasteiger partial charge in [-0.2, -0.15) is 0 Å². The van der Waals surface area contributed by atoms with Gasteiger partial charge in [-0.3, -0.25) is 5.01 Å². The molecule has 4 heteroatoms. The molecule has 3 aromatic rings. The van der Waals surface area contributed by atoms with Crippen molar-refractivity contribution in [2.45, 2.75) is 19.9 Å². The summed E-state index contributed by atoms with van der Waals surface area (Å²) >= 11 is 6.15. The van der Waals surface area contributed by atoms with Gasteiger partial charge in [-0.05, 0) is 61.9 Å². The number of hydrogen-bond donors (Lipinski definition) is 0.